The van der Waals surface area contributed by atoms with Gasteiger partial charge in [0, 0.05) is 5.54 Å². The number of nitrogens with one attached hydrogen (secondary N) is 3. The zero-order valence-corrected chi connectivity index (χ0v) is 14.5. The summed E-state index contributed by atoms with van der Waals surface area (Å²) in [6, 6.07) is 3.69. The molecule has 9 heteroatoms. The summed E-state index contributed by atoms with van der Waals surface area (Å²) in [4.78, 5) is 23.5. The summed E-state index contributed by atoms with van der Waals surface area (Å²) in [5, 5.41) is 7.36. The van der Waals surface area contributed by atoms with Crippen LogP contribution in [0, 0.1) is 6.92 Å². The lowest BCUT2D eigenvalue weighted by Crippen LogP contribution is -2.46. The summed E-state index contributed by atoms with van der Waals surface area (Å²) in [5.41, 5.74) is 0.307. The van der Waals surface area contributed by atoms with Gasteiger partial charge in [0.2, 0.25) is 5.91 Å². The molecule has 0 aliphatic carbocycles. The second-order valence-electron chi connectivity index (χ2n) is 6.51. The van der Waals surface area contributed by atoms with Crippen LogP contribution in [0.3, 0.4) is 0 Å². The van der Waals surface area contributed by atoms with Gasteiger partial charge in [-0.1, -0.05) is 6.07 Å². The van der Waals surface area contributed by atoms with E-state index in [1.54, 1.807) is 33.8 Å². The molecule has 0 aliphatic heterocycles. The number of anilines is 1. The number of urea groups is 1. The van der Waals surface area contributed by atoms with E-state index in [0.29, 0.717) is 5.56 Å². The lowest BCUT2D eigenvalue weighted by atomic mass is 10.1. The molecule has 0 bridgehead atoms. The van der Waals surface area contributed by atoms with Crippen LogP contribution >= 0.6 is 0 Å². The number of aryl methyl sites for hydroxylation is 1. The highest BCUT2D eigenvalue weighted by molar-refractivity contribution is 5.93. The molecule has 0 aromatic heterocycles. The maximum atomic E-state index is 12.3. The molecule has 3 amide bonds. The van der Waals surface area contributed by atoms with Crippen molar-refractivity contribution in [3.63, 3.8) is 0 Å². The summed E-state index contributed by atoms with van der Waals surface area (Å²) >= 11 is 0. The number of alkyl halides is 3. The van der Waals surface area contributed by atoms with Crippen LogP contribution in [-0.2, 0) is 4.79 Å². The summed E-state index contributed by atoms with van der Waals surface area (Å²) in [5.74, 6) is -0.494. The van der Waals surface area contributed by atoms with Gasteiger partial charge in [-0.2, -0.15) is 13.2 Å². The third kappa shape index (κ3) is 8.83. The van der Waals surface area contributed by atoms with Crippen LogP contribution in [0.4, 0.5) is 23.7 Å². The van der Waals surface area contributed by atoms with Gasteiger partial charge in [-0.05, 0) is 45.4 Å². The predicted molar refractivity (Wildman–Crippen MR) is 87.6 cm³/mol. The number of ether oxygens (including phenoxy) is 1. The van der Waals surface area contributed by atoms with Crippen LogP contribution < -0.4 is 20.7 Å². The van der Waals surface area contributed by atoms with Gasteiger partial charge in [0.15, 0.2) is 6.61 Å². The third-order valence-electron chi connectivity index (χ3n) is 2.70. The molecule has 0 atom stereocenters. The van der Waals surface area contributed by atoms with Crippen molar-refractivity contribution in [3.05, 3.63) is 23.8 Å². The lowest BCUT2D eigenvalue weighted by molar-refractivity contribution is -0.153. The average molecular weight is 361 g/mol. The lowest BCUT2D eigenvalue weighted by Gasteiger charge is -2.20. The molecule has 0 aliphatic rings. The highest BCUT2D eigenvalue weighted by Crippen LogP contribution is 2.27. The minimum absolute atomic E-state index is 0.0728. The molecule has 25 heavy (non-hydrogen) atoms. The van der Waals surface area contributed by atoms with Crippen molar-refractivity contribution in [1.29, 1.82) is 0 Å². The predicted octanol–water partition coefficient (Wildman–Crippen LogP) is 2.97. The van der Waals surface area contributed by atoms with Crippen LogP contribution in [-0.4, -0.2) is 36.8 Å². The highest BCUT2D eigenvalue weighted by Gasteiger charge is 2.29. The minimum Gasteiger partial charge on any atom is -0.482 e. The molecule has 0 radical (unpaired) electrons. The first-order valence-electron chi connectivity index (χ1n) is 7.52. The number of benzene rings is 1. The van der Waals surface area contributed by atoms with E-state index in [9.17, 15) is 22.8 Å². The average Bonchev–Trinajstić information content (AvgIpc) is 2.43. The topological polar surface area (TPSA) is 79.5 Å². The van der Waals surface area contributed by atoms with Gasteiger partial charge in [0.05, 0.1) is 12.2 Å². The third-order valence-corrected chi connectivity index (χ3v) is 2.70. The van der Waals surface area contributed by atoms with Crippen LogP contribution in [0.1, 0.15) is 26.3 Å². The second-order valence-corrected chi connectivity index (χ2v) is 6.51. The highest BCUT2D eigenvalue weighted by atomic mass is 19.4. The fraction of sp³-hybridized carbons (Fsp3) is 0.500. The van der Waals surface area contributed by atoms with Crippen molar-refractivity contribution in [2.75, 3.05) is 18.5 Å². The van der Waals surface area contributed by atoms with Gasteiger partial charge in [-0.15, -0.1) is 0 Å². The van der Waals surface area contributed by atoms with E-state index < -0.39 is 24.4 Å². The molecule has 0 fully saturated rings. The Morgan fingerprint density at radius 3 is 2.36 bits per heavy atom. The van der Waals surface area contributed by atoms with Crippen LogP contribution in [0.5, 0.6) is 5.75 Å². The van der Waals surface area contributed by atoms with E-state index in [0.717, 1.165) is 0 Å². The Balaban J connectivity index is 2.66. The molecule has 1 aromatic carbocycles. The van der Waals surface area contributed by atoms with Crippen molar-refractivity contribution in [2.24, 2.45) is 0 Å². The number of hydrogen-bond donors (Lipinski definition) is 3. The van der Waals surface area contributed by atoms with Crippen LogP contribution in [0.25, 0.3) is 0 Å². The SMILES string of the molecule is Cc1ccc(NC(=O)NCC(=O)NC(C)(C)C)c(OCC(F)(F)F)c1. The largest absolute Gasteiger partial charge is 0.482 e. The molecule has 0 saturated heterocycles. The molecule has 3 N–H and O–H groups in total. The van der Waals surface area contributed by atoms with Crippen LogP contribution in [0.15, 0.2) is 18.2 Å². The minimum atomic E-state index is -4.49. The molecule has 6 nitrogen and oxygen atoms in total. The normalized spacial score (nSPS) is 11.6. The van der Waals surface area contributed by atoms with Crippen molar-refractivity contribution >= 4 is 17.6 Å². The maximum Gasteiger partial charge on any atom is 0.422 e. The first-order chi connectivity index (χ1) is 11.4. The summed E-state index contributed by atoms with van der Waals surface area (Å²) in [6.45, 7) is 5.32. The number of carbonyl (C=O) groups excluding carboxylic acids is 2. The summed E-state index contributed by atoms with van der Waals surface area (Å²) < 4.78 is 41.7. The Kier molecular flexibility index (Phi) is 6.66. The molecule has 0 heterocycles. The van der Waals surface area contributed by atoms with E-state index in [-0.39, 0.29) is 23.9 Å². The Bertz CT molecular complexity index is 625. The maximum absolute atomic E-state index is 12.3. The van der Waals surface area contributed by atoms with Crippen molar-refractivity contribution < 1.29 is 27.5 Å². The number of carbonyl (C=O) groups is 2. The molecular weight excluding hydrogens is 339 g/mol. The summed E-state index contributed by atoms with van der Waals surface area (Å²) in [7, 11) is 0. The smallest absolute Gasteiger partial charge is 0.422 e. The Hall–Kier alpha value is -2.45. The fourth-order valence-corrected chi connectivity index (χ4v) is 1.80. The zero-order chi connectivity index (χ0) is 19.3. The molecule has 140 valence electrons. The second kappa shape index (κ2) is 8.09. The Labute approximate surface area is 144 Å². The molecule has 0 saturated carbocycles. The molecular formula is C16H22F3N3O3. The Morgan fingerprint density at radius 2 is 1.80 bits per heavy atom. The van der Waals surface area contributed by atoms with Crippen molar-refractivity contribution in [2.45, 2.75) is 39.4 Å². The molecule has 1 aromatic rings. The Morgan fingerprint density at radius 1 is 1.16 bits per heavy atom. The van der Waals surface area contributed by atoms with E-state index in [1.807, 2.05) is 0 Å². The number of hydrogen-bond acceptors (Lipinski definition) is 3. The van der Waals surface area contributed by atoms with E-state index >= 15 is 0 Å². The van der Waals surface area contributed by atoms with Gasteiger partial charge in [0.25, 0.3) is 0 Å². The van der Waals surface area contributed by atoms with E-state index in [1.165, 1.54) is 12.1 Å². The van der Waals surface area contributed by atoms with Gasteiger partial charge in [-0.25, -0.2) is 4.79 Å². The first-order valence-corrected chi connectivity index (χ1v) is 7.52. The molecule has 1 rings (SSSR count). The van der Waals surface area contributed by atoms with E-state index in [2.05, 4.69) is 16.0 Å². The van der Waals surface area contributed by atoms with E-state index in [4.69, 9.17) is 4.74 Å². The number of amides is 3. The standard InChI is InChI=1S/C16H22F3N3O3/c1-10-5-6-11(12(7-10)25-9-16(17,18)19)21-14(24)20-8-13(23)22-15(2,3)4/h5-7H,8-9H2,1-4H3,(H,22,23)(H2,20,21,24). The van der Waals surface area contributed by atoms with Gasteiger partial charge in [-0.3, -0.25) is 4.79 Å². The van der Waals surface area contributed by atoms with Crippen molar-refractivity contribution in [3.8, 4) is 5.75 Å². The first kappa shape index (κ1) is 20.6. The zero-order valence-electron chi connectivity index (χ0n) is 14.5. The monoisotopic (exact) mass is 361 g/mol. The van der Waals surface area contributed by atoms with Gasteiger partial charge < -0.3 is 20.7 Å². The fourth-order valence-electron chi connectivity index (χ4n) is 1.80. The van der Waals surface area contributed by atoms with Gasteiger partial charge >= 0.3 is 12.2 Å². The quantitative estimate of drug-likeness (QED) is 0.754. The van der Waals surface area contributed by atoms with Crippen molar-refractivity contribution in [1.82, 2.24) is 10.6 Å². The van der Waals surface area contributed by atoms with Crippen LogP contribution in [0.2, 0.25) is 0 Å². The molecule has 0 unspecified atom stereocenters. The number of halogens is 3. The molecule has 0 spiro atoms. The van der Waals surface area contributed by atoms with Gasteiger partial charge in [0.1, 0.15) is 5.75 Å². The summed E-state index contributed by atoms with van der Waals surface area (Å²) in [6.07, 6.45) is -4.49. The number of rotatable bonds is 5.